The van der Waals surface area contributed by atoms with Crippen LogP contribution in [0.3, 0.4) is 0 Å². The summed E-state index contributed by atoms with van der Waals surface area (Å²) in [6.45, 7) is 3.93. The van der Waals surface area contributed by atoms with Crippen LogP contribution >= 0.6 is 34.3 Å². The molecule has 0 aliphatic carbocycles. The number of carbonyl (C=O) groups is 2. The van der Waals surface area contributed by atoms with E-state index in [0.717, 1.165) is 26.1 Å². The molecule has 0 saturated carbocycles. The summed E-state index contributed by atoms with van der Waals surface area (Å²) >= 11 is 9.15. The number of esters is 1. The van der Waals surface area contributed by atoms with E-state index in [-0.39, 0.29) is 12.5 Å². The van der Waals surface area contributed by atoms with Gasteiger partial charge in [0, 0.05) is 20.5 Å². The second kappa shape index (κ2) is 8.60. The predicted octanol–water partition coefficient (Wildman–Crippen LogP) is 7.02. The largest absolute Gasteiger partial charge is 0.462 e. The number of halogens is 1. The van der Waals surface area contributed by atoms with Gasteiger partial charge in [-0.1, -0.05) is 60.1 Å². The van der Waals surface area contributed by atoms with Gasteiger partial charge in [0.25, 0.3) is 5.91 Å². The molecule has 7 heteroatoms. The van der Waals surface area contributed by atoms with E-state index in [9.17, 15) is 9.59 Å². The number of anilines is 1. The minimum absolute atomic E-state index is 0.248. The molecule has 0 fully saturated rings. The Balaban J connectivity index is 1.77. The highest BCUT2D eigenvalue weighted by atomic mass is 35.5. The third-order valence-corrected chi connectivity index (χ3v) is 7.29. The third kappa shape index (κ3) is 3.74. The summed E-state index contributed by atoms with van der Waals surface area (Å²) in [6.07, 6.45) is 0. The smallest absolute Gasteiger partial charge is 0.341 e. The SMILES string of the molecule is CCOC(=O)c1c(NC(=O)c2sc3ccccc3c2Cl)sc(C)c1-c1ccccc1. The first kappa shape index (κ1) is 20.6. The highest BCUT2D eigenvalue weighted by Gasteiger charge is 2.27. The number of ether oxygens (including phenoxy) is 1. The maximum absolute atomic E-state index is 13.1. The van der Waals surface area contributed by atoms with E-state index in [1.54, 1.807) is 6.92 Å². The van der Waals surface area contributed by atoms with E-state index in [4.69, 9.17) is 16.3 Å². The zero-order valence-electron chi connectivity index (χ0n) is 16.3. The van der Waals surface area contributed by atoms with Gasteiger partial charge < -0.3 is 10.1 Å². The van der Waals surface area contributed by atoms with Gasteiger partial charge in [-0.15, -0.1) is 22.7 Å². The topological polar surface area (TPSA) is 55.4 Å². The number of rotatable bonds is 5. The fourth-order valence-electron chi connectivity index (χ4n) is 3.30. The van der Waals surface area contributed by atoms with Gasteiger partial charge in [0.15, 0.2) is 0 Å². The van der Waals surface area contributed by atoms with Crippen molar-refractivity contribution in [3.63, 3.8) is 0 Å². The van der Waals surface area contributed by atoms with Crippen molar-refractivity contribution in [3.05, 3.63) is 74.9 Å². The van der Waals surface area contributed by atoms with Gasteiger partial charge in [-0.25, -0.2) is 4.79 Å². The summed E-state index contributed by atoms with van der Waals surface area (Å²) in [5, 5.41) is 4.62. The van der Waals surface area contributed by atoms with E-state index in [2.05, 4.69) is 5.32 Å². The van der Waals surface area contributed by atoms with Gasteiger partial charge in [0.2, 0.25) is 0 Å². The second-order valence-electron chi connectivity index (χ2n) is 6.52. The molecule has 30 heavy (non-hydrogen) atoms. The second-order valence-corrected chi connectivity index (χ2v) is 9.17. The van der Waals surface area contributed by atoms with Gasteiger partial charge in [0.05, 0.1) is 11.6 Å². The molecule has 0 bridgehead atoms. The molecule has 0 saturated heterocycles. The first-order valence-electron chi connectivity index (χ1n) is 9.35. The molecule has 2 heterocycles. The van der Waals surface area contributed by atoms with E-state index in [0.29, 0.717) is 20.5 Å². The van der Waals surface area contributed by atoms with Gasteiger partial charge in [-0.2, -0.15) is 0 Å². The lowest BCUT2D eigenvalue weighted by atomic mass is 10.0. The summed E-state index contributed by atoms with van der Waals surface area (Å²) in [5.41, 5.74) is 2.04. The average Bonchev–Trinajstić information content (AvgIpc) is 3.26. The molecule has 4 aromatic rings. The van der Waals surface area contributed by atoms with Crippen LogP contribution in [0.25, 0.3) is 21.2 Å². The molecule has 4 nitrogen and oxygen atoms in total. The quantitative estimate of drug-likeness (QED) is 0.329. The molecular formula is C23H18ClNO3S2. The molecule has 0 atom stereocenters. The maximum atomic E-state index is 13.1. The van der Waals surface area contributed by atoms with Crippen molar-refractivity contribution in [1.82, 2.24) is 0 Å². The van der Waals surface area contributed by atoms with Crippen LogP contribution in [-0.2, 0) is 4.74 Å². The molecule has 0 aliphatic rings. The molecule has 1 N–H and O–H groups in total. The lowest BCUT2D eigenvalue weighted by Gasteiger charge is -2.09. The van der Waals surface area contributed by atoms with E-state index in [1.807, 2.05) is 61.5 Å². The lowest BCUT2D eigenvalue weighted by molar-refractivity contribution is 0.0529. The number of hydrogen-bond acceptors (Lipinski definition) is 5. The molecule has 152 valence electrons. The molecule has 2 aromatic heterocycles. The van der Waals surface area contributed by atoms with Crippen LogP contribution in [0, 0.1) is 6.92 Å². The zero-order valence-corrected chi connectivity index (χ0v) is 18.7. The fourth-order valence-corrected chi connectivity index (χ4v) is 5.77. The van der Waals surface area contributed by atoms with Crippen molar-refractivity contribution < 1.29 is 14.3 Å². The van der Waals surface area contributed by atoms with Gasteiger partial charge in [-0.3, -0.25) is 4.79 Å². The number of hydrogen-bond donors (Lipinski definition) is 1. The Labute approximate surface area is 187 Å². The van der Waals surface area contributed by atoms with Gasteiger partial charge in [-0.05, 0) is 25.5 Å². The summed E-state index contributed by atoms with van der Waals surface area (Å²) in [5.74, 6) is -0.800. The van der Waals surface area contributed by atoms with Crippen LogP contribution in [0.4, 0.5) is 5.00 Å². The van der Waals surface area contributed by atoms with E-state index in [1.165, 1.54) is 22.7 Å². The Kier molecular flexibility index (Phi) is 5.90. The van der Waals surface area contributed by atoms with E-state index < -0.39 is 5.97 Å². The van der Waals surface area contributed by atoms with Crippen LogP contribution in [0.15, 0.2) is 54.6 Å². The third-order valence-electron chi connectivity index (χ3n) is 4.59. The van der Waals surface area contributed by atoms with Crippen molar-refractivity contribution >= 4 is 61.2 Å². The fraction of sp³-hybridized carbons (Fsp3) is 0.130. The average molecular weight is 456 g/mol. The molecule has 0 radical (unpaired) electrons. The number of fused-ring (bicyclic) bond motifs is 1. The minimum Gasteiger partial charge on any atom is -0.462 e. The van der Waals surface area contributed by atoms with Crippen LogP contribution in [0.5, 0.6) is 0 Å². The van der Waals surface area contributed by atoms with Crippen molar-refractivity contribution in [2.75, 3.05) is 11.9 Å². The molecule has 4 rings (SSSR count). The Hall–Kier alpha value is -2.67. The number of thiophene rings is 2. The number of amides is 1. The molecule has 0 aliphatic heterocycles. The summed E-state index contributed by atoms with van der Waals surface area (Å²) in [6, 6.07) is 17.2. The Bertz CT molecular complexity index is 1240. The normalized spacial score (nSPS) is 10.9. The maximum Gasteiger partial charge on any atom is 0.341 e. The Morgan fingerprint density at radius 2 is 1.73 bits per heavy atom. The molecular weight excluding hydrogens is 438 g/mol. The minimum atomic E-state index is -0.460. The number of benzene rings is 2. The van der Waals surface area contributed by atoms with Crippen LogP contribution < -0.4 is 5.32 Å². The standard InChI is InChI=1S/C23H18ClNO3S2/c1-3-28-23(27)18-17(14-9-5-4-6-10-14)13(2)29-22(18)25-21(26)20-19(24)15-11-7-8-12-16(15)30-20/h4-12H,3H2,1-2H3,(H,25,26). The molecule has 2 aromatic carbocycles. The van der Waals surface area contributed by atoms with Crippen LogP contribution in [0.1, 0.15) is 31.8 Å². The molecule has 1 amide bonds. The molecule has 0 unspecified atom stereocenters. The van der Waals surface area contributed by atoms with E-state index >= 15 is 0 Å². The zero-order chi connectivity index (χ0) is 21.3. The van der Waals surface area contributed by atoms with Gasteiger partial charge >= 0.3 is 5.97 Å². The van der Waals surface area contributed by atoms with Crippen molar-refractivity contribution in [1.29, 1.82) is 0 Å². The first-order valence-corrected chi connectivity index (χ1v) is 11.4. The van der Waals surface area contributed by atoms with Gasteiger partial charge in [0.1, 0.15) is 15.4 Å². The van der Waals surface area contributed by atoms with Crippen molar-refractivity contribution in [2.45, 2.75) is 13.8 Å². The Morgan fingerprint density at radius 3 is 2.43 bits per heavy atom. The van der Waals surface area contributed by atoms with Crippen molar-refractivity contribution in [2.24, 2.45) is 0 Å². The number of nitrogens with one attached hydrogen (secondary N) is 1. The number of carbonyl (C=O) groups excluding carboxylic acids is 2. The summed E-state index contributed by atoms with van der Waals surface area (Å²) in [4.78, 5) is 27.2. The van der Waals surface area contributed by atoms with Crippen LogP contribution in [-0.4, -0.2) is 18.5 Å². The first-order chi connectivity index (χ1) is 14.5. The number of aryl methyl sites for hydroxylation is 1. The summed E-state index contributed by atoms with van der Waals surface area (Å²) in [7, 11) is 0. The van der Waals surface area contributed by atoms with Crippen molar-refractivity contribution in [3.8, 4) is 11.1 Å². The molecule has 0 spiro atoms. The summed E-state index contributed by atoms with van der Waals surface area (Å²) < 4.78 is 6.23. The van der Waals surface area contributed by atoms with Crippen LogP contribution in [0.2, 0.25) is 5.02 Å². The predicted molar refractivity (Wildman–Crippen MR) is 125 cm³/mol. The highest BCUT2D eigenvalue weighted by molar-refractivity contribution is 7.22. The Morgan fingerprint density at radius 1 is 1.03 bits per heavy atom. The highest BCUT2D eigenvalue weighted by Crippen LogP contribution is 2.41. The monoisotopic (exact) mass is 455 g/mol. The lowest BCUT2D eigenvalue weighted by Crippen LogP contribution is -2.14.